The fraction of sp³-hybridized carbons (Fsp3) is 0.0909. The van der Waals surface area contributed by atoms with Crippen molar-refractivity contribution in [3.05, 3.63) is 36.4 Å². The second kappa shape index (κ2) is 4.00. The van der Waals surface area contributed by atoms with Gasteiger partial charge in [0.15, 0.2) is 0 Å². The molecular weight excluding hydrogens is 212 g/mol. The highest BCUT2D eigenvalue weighted by molar-refractivity contribution is 7.79. The molecule has 0 aliphatic heterocycles. The van der Waals surface area contributed by atoms with Gasteiger partial charge in [0.25, 0.3) is 0 Å². The van der Waals surface area contributed by atoms with Crippen LogP contribution in [0.5, 0.6) is 5.75 Å². The summed E-state index contributed by atoms with van der Waals surface area (Å²) in [5.74, 6) is 0.680. The average molecular weight is 221 g/mol. The minimum absolute atomic E-state index is 0.298. The lowest BCUT2D eigenvalue weighted by Crippen LogP contribution is -1.92. The number of fused-ring (bicyclic) bond motifs is 1. The van der Waals surface area contributed by atoms with Crippen LogP contribution in [0.1, 0.15) is 0 Å². The summed E-state index contributed by atoms with van der Waals surface area (Å²) in [5, 5.41) is 1.49. The van der Waals surface area contributed by atoms with Gasteiger partial charge >= 0.3 is 0 Å². The highest BCUT2D eigenvalue weighted by Gasteiger charge is 2.05. The zero-order chi connectivity index (χ0) is 10.8. The molecule has 2 rings (SSSR count). The van der Waals surface area contributed by atoms with Gasteiger partial charge in [-0.2, -0.15) is 0 Å². The van der Waals surface area contributed by atoms with E-state index in [1.165, 1.54) is 0 Å². The van der Waals surface area contributed by atoms with Gasteiger partial charge in [-0.05, 0) is 23.2 Å². The molecule has 0 spiro atoms. The van der Waals surface area contributed by atoms with Crippen LogP contribution in [0.3, 0.4) is 0 Å². The SMILES string of the molecule is COc1ccc(S(=O)[O-])c2ccccc12. The largest absolute Gasteiger partial charge is 0.768 e. The Balaban J connectivity index is 2.83. The number of hydrogen-bond donors (Lipinski definition) is 0. The van der Waals surface area contributed by atoms with Crippen LogP contribution in [0.15, 0.2) is 41.3 Å². The van der Waals surface area contributed by atoms with Crippen LogP contribution >= 0.6 is 0 Å². The predicted molar refractivity (Wildman–Crippen MR) is 57.7 cm³/mol. The third-order valence-electron chi connectivity index (χ3n) is 2.24. The summed E-state index contributed by atoms with van der Waals surface area (Å²) < 4.78 is 27.1. The van der Waals surface area contributed by atoms with Gasteiger partial charge < -0.3 is 9.29 Å². The van der Waals surface area contributed by atoms with Crippen LogP contribution in [-0.4, -0.2) is 15.9 Å². The molecular formula is C11H9O3S-. The molecule has 1 unspecified atom stereocenters. The summed E-state index contributed by atoms with van der Waals surface area (Å²) in [7, 11) is 1.57. The van der Waals surface area contributed by atoms with E-state index in [1.54, 1.807) is 31.4 Å². The van der Waals surface area contributed by atoms with Crippen LogP contribution in [0.4, 0.5) is 0 Å². The average Bonchev–Trinajstić information content (AvgIpc) is 2.27. The molecule has 0 radical (unpaired) electrons. The summed E-state index contributed by atoms with van der Waals surface area (Å²) in [4.78, 5) is 0.298. The summed E-state index contributed by atoms with van der Waals surface area (Å²) in [5.41, 5.74) is 0. The molecule has 0 amide bonds. The fourth-order valence-electron chi connectivity index (χ4n) is 1.57. The molecule has 0 N–H and O–H groups in total. The maximum atomic E-state index is 11.0. The zero-order valence-electron chi connectivity index (χ0n) is 8.10. The molecule has 2 aromatic carbocycles. The van der Waals surface area contributed by atoms with Crippen LogP contribution in [0.25, 0.3) is 10.8 Å². The van der Waals surface area contributed by atoms with Crippen molar-refractivity contribution >= 4 is 21.9 Å². The number of methoxy groups -OCH3 is 1. The van der Waals surface area contributed by atoms with Crippen molar-refractivity contribution < 1.29 is 13.5 Å². The Morgan fingerprint density at radius 2 is 1.80 bits per heavy atom. The molecule has 4 heteroatoms. The fourth-order valence-corrected chi connectivity index (χ4v) is 2.10. The Kier molecular flexibility index (Phi) is 2.70. The van der Waals surface area contributed by atoms with Crippen molar-refractivity contribution in [1.82, 2.24) is 0 Å². The Morgan fingerprint density at radius 3 is 2.40 bits per heavy atom. The second-order valence-electron chi connectivity index (χ2n) is 3.05. The van der Waals surface area contributed by atoms with Gasteiger partial charge in [0.2, 0.25) is 0 Å². The standard InChI is InChI=1S/C11H10O3S/c1-14-10-6-7-11(15(12)13)9-5-3-2-4-8(9)10/h2-7H,1H3,(H,12,13)/p-1. The first kappa shape index (κ1) is 10.1. The molecule has 0 heterocycles. The lowest BCUT2D eigenvalue weighted by molar-refractivity contribution is 0.419. The van der Waals surface area contributed by atoms with E-state index < -0.39 is 11.1 Å². The Hall–Kier alpha value is -1.39. The molecule has 0 aliphatic carbocycles. The topological polar surface area (TPSA) is 49.4 Å². The summed E-state index contributed by atoms with van der Waals surface area (Å²) in [6.07, 6.45) is 0. The smallest absolute Gasteiger partial charge is 0.126 e. The van der Waals surface area contributed by atoms with E-state index in [2.05, 4.69) is 0 Å². The summed E-state index contributed by atoms with van der Waals surface area (Å²) in [6, 6.07) is 10.5. The van der Waals surface area contributed by atoms with Crippen molar-refractivity contribution in [2.24, 2.45) is 0 Å². The predicted octanol–water partition coefficient (Wildman–Crippen LogP) is 2.09. The van der Waals surface area contributed by atoms with Gasteiger partial charge in [0.1, 0.15) is 5.75 Å². The first-order valence-corrected chi connectivity index (χ1v) is 5.46. The first-order valence-electron chi connectivity index (χ1n) is 4.39. The maximum absolute atomic E-state index is 11.0. The van der Waals surface area contributed by atoms with Crippen molar-refractivity contribution in [1.29, 1.82) is 0 Å². The van der Waals surface area contributed by atoms with Crippen LogP contribution in [0, 0.1) is 0 Å². The van der Waals surface area contributed by atoms with E-state index in [9.17, 15) is 8.76 Å². The molecule has 0 aliphatic rings. The van der Waals surface area contributed by atoms with E-state index in [4.69, 9.17) is 4.74 Å². The summed E-state index contributed by atoms with van der Waals surface area (Å²) >= 11 is -2.22. The Morgan fingerprint density at radius 1 is 1.13 bits per heavy atom. The van der Waals surface area contributed by atoms with E-state index >= 15 is 0 Å². The first-order chi connectivity index (χ1) is 7.24. The number of rotatable bonds is 2. The molecule has 78 valence electrons. The monoisotopic (exact) mass is 221 g/mol. The molecule has 0 fully saturated rings. The van der Waals surface area contributed by atoms with Crippen molar-refractivity contribution in [2.75, 3.05) is 7.11 Å². The maximum Gasteiger partial charge on any atom is 0.126 e. The van der Waals surface area contributed by atoms with Gasteiger partial charge in [0.05, 0.1) is 7.11 Å². The summed E-state index contributed by atoms with van der Waals surface area (Å²) in [6.45, 7) is 0. The molecule has 0 saturated heterocycles. The third-order valence-corrected chi connectivity index (χ3v) is 2.96. The lowest BCUT2D eigenvalue weighted by Gasteiger charge is -2.11. The van der Waals surface area contributed by atoms with E-state index in [-0.39, 0.29) is 0 Å². The molecule has 0 bridgehead atoms. The number of ether oxygens (including phenoxy) is 1. The van der Waals surface area contributed by atoms with Crippen LogP contribution in [0.2, 0.25) is 0 Å². The molecule has 1 atom stereocenters. The van der Waals surface area contributed by atoms with Crippen molar-refractivity contribution in [3.63, 3.8) is 0 Å². The van der Waals surface area contributed by atoms with Gasteiger partial charge in [0, 0.05) is 15.7 Å². The molecule has 15 heavy (non-hydrogen) atoms. The third kappa shape index (κ3) is 1.73. The Bertz CT molecular complexity index is 522. The van der Waals surface area contributed by atoms with Crippen LogP contribution < -0.4 is 4.74 Å². The zero-order valence-corrected chi connectivity index (χ0v) is 8.91. The quantitative estimate of drug-likeness (QED) is 0.729. The highest BCUT2D eigenvalue weighted by Crippen LogP contribution is 2.29. The molecule has 3 nitrogen and oxygen atoms in total. The highest BCUT2D eigenvalue weighted by atomic mass is 32.2. The molecule has 2 aromatic rings. The van der Waals surface area contributed by atoms with Gasteiger partial charge in [-0.3, -0.25) is 4.21 Å². The minimum atomic E-state index is -2.22. The minimum Gasteiger partial charge on any atom is -0.768 e. The molecule has 0 saturated carbocycles. The number of benzene rings is 2. The van der Waals surface area contributed by atoms with Gasteiger partial charge in [-0.25, -0.2) is 0 Å². The normalized spacial score (nSPS) is 12.7. The second-order valence-corrected chi connectivity index (χ2v) is 3.96. The van der Waals surface area contributed by atoms with Gasteiger partial charge in [-0.15, -0.1) is 0 Å². The molecule has 0 aromatic heterocycles. The van der Waals surface area contributed by atoms with Crippen molar-refractivity contribution in [3.8, 4) is 5.75 Å². The van der Waals surface area contributed by atoms with E-state index in [0.717, 1.165) is 5.39 Å². The van der Waals surface area contributed by atoms with E-state index in [1.807, 2.05) is 12.1 Å². The Labute approximate surface area is 90.0 Å². The van der Waals surface area contributed by atoms with E-state index in [0.29, 0.717) is 16.0 Å². The lowest BCUT2D eigenvalue weighted by atomic mass is 10.1. The van der Waals surface area contributed by atoms with Crippen molar-refractivity contribution in [2.45, 2.75) is 4.90 Å². The van der Waals surface area contributed by atoms with Crippen LogP contribution in [-0.2, 0) is 11.1 Å². The number of hydrogen-bond acceptors (Lipinski definition) is 3. The van der Waals surface area contributed by atoms with Gasteiger partial charge in [-0.1, -0.05) is 24.3 Å².